The lowest BCUT2D eigenvalue weighted by Gasteiger charge is -2.29. The summed E-state index contributed by atoms with van der Waals surface area (Å²) in [7, 11) is 4.41. The van der Waals surface area contributed by atoms with Crippen LogP contribution in [0.25, 0.3) is 6.08 Å². The van der Waals surface area contributed by atoms with Gasteiger partial charge in [0.25, 0.3) is 11.8 Å². The van der Waals surface area contributed by atoms with Crippen molar-refractivity contribution < 1.29 is 28.5 Å². The Morgan fingerprint density at radius 1 is 0.919 bits per heavy atom. The molecule has 37 heavy (non-hydrogen) atoms. The van der Waals surface area contributed by atoms with Crippen molar-refractivity contribution in [2.45, 2.75) is 6.61 Å². The van der Waals surface area contributed by atoms with Crippen molar-refractivity contribution in [2.75, 3.05) is 26.2 Å². The maximum absolute atomic E-state index is 13.5. The first-order valence-electron chi connectivity index (χ1n) is 11.0. The molecule has 0 spiro atoms. The average Bonchev–Trinajstić information content (AvgIpc) is 2.90. The summed E-state index contributed by atoms with van der Waals surface area (Å²) in [6, 6.07) is 17.6. The minimum Gasteiger partial charge on any atom is -0.493 e. The Morgan fingerprint density at radius 2 is 1.59 bits per heavy atom. The van der Waals surface area contributed by atoms with E-state index in [1.54, 1.807) is 30.3 Å². The fraction of sp³-hybridized carbons (Fsp3) is 0.148. The first-order valence-corrected chi connectivity index (χ1v) is 11.8. The van der Waals surface area contributed by atoms with Crippen molar-refractivity contribution in [1.82, 2.24) is 5.32 Å². The van der Waals surface area contributed by atoms with Gasteiger partial charge >= 0.3 is 0 Å². The highest BCUT2D eigenvalue weighted by molar-refractivity contribution is 7.80. The molecule has 1 fully saturated rings. The lowest BCUT2D eigenvalue weighted by Crippen LogP contribution is -2.54. The van der Waals surface area contributed by atoms with E-state index < -0.39 is 11.8 Å². The average molecular weight is 539 g/mol. The van der Waals surface area contributed by atoms with Crippen molar-refractivity contribution in [2.24, 2.45) is 0 Å². The third-order valence-corrected chi connectivity index (χ3v) is 6.06. The topological polar surface area (TPSA) is 86.3 Å². The van der Waals surface area contributed by atoms with Crippen LogP contribution in [0.5, 0.6) is 23.0 Å². The molecule has 0 unspecified atom stereocenters. The van der Waals surface area contributed by atoms with E-state index in [0.29, 0.717) is 27.8 Å². The minimum atomic E-state index is -0.650. The number of carbonyl (C=O) groups excluding carboxylic acids is 2. The van der Waals surface area contributed by atoms with Crippen LogP contribution < -0.4 is 29.2 Å². The van der Waals surface area contributed by atoms with Gasteiger partial charge in [0.05, 0.1) is 27.0 Å². The van der Waals surface area contributed by atoms with E-state index in [-0.39, 0.29) is 28.8 Å². The van der Waals surface area contributed by atoms with Crippen LogP contribution in [0.4, 0.5) is 5.69 Å². The summed E-state index contributed by atoms with van der Waals surface area (Å²) < 4.78 is 22.7. The van der Waals surface area contributed by atoms with Crippen LogP contribution in [-0.4, -0.2) is 38.3 Å². The highest BCUT2D eigenvalue weighted by Gasteiger charge is 2.35. The van der Waals surface area contributed by atoms with Crippen LogP contribution in [-0.2, 0) is 16.2 Å². The number of halogens is 1. The highest BCUT2D eigenvalue weighted by Crippen LogP contribution is 2.47. The highest BCUT2D eigenvalue weighted by atomic mass is 35.5. The summed E-state index contributed by atoms with van der Waals surface area (Å²) in [5.74, 6) is -0.117. The van der Waals surface area contributed by atoms with Gasteiger partial charge in [0.2, 0.25) is 11.5 Å². The lowest BCUT2D eigenvalue weighted by atomic mass is 10.0. The first kappa shape index (κ1) is 26.0. The van der Waals surface area contributed by atoms with Crippen LogP contribution >= 0.6 is 23.8 Å². The summed E-state index contributed by atoms with van der Waals surface area (Å²) in [4.78, 5) is 27.6. The number of nitrogens with one attached hydrogen (secondary N) is 1. The van der Waals surface area contributed by atoms with Crippen molar-refractivity contribution in [3.05, 3.63) is 82.4 Å². The van der Waals surface area contributed by atoms with Gasteiger partial charge in [-0.05, 0) is 54.2 Å². The molecular formula is C27H23ClN2O6S. The van der Waals surface area contributed by atoms with E-state index in [2.05, 4.69) is 5.32 Å². The van der Waals surface area contributed by atoms with Gasteiger partial charge in [0.1, 0.15) is 12.2 Å². The zero-order chi connectivity index (χ0) is 26.5. The number of carbonyl (C=O) groups is 2. The van der Waals surface area contributed by atoms with Gasteiger partial charge in [0, 0.05) is 10.6 Å². The van der Waals surface area contributed by atoms with E-state index in [4.69, 9.17) is 42.8 Å². The Kier molecular flexibility index (Phi) is 7.95. The Labute approximate surface area is 224 Å². The molecule has 3 aromatic rings. The maximum Gasteiger partial charge on any atom is 0.270 e. The zero-order valence-corrected chi connectivity index (χ0v) is 21.8. The number of thiocarbonyl (C=S) groups is 1. The summed E-state index contributed by atoms with van der Waals surface area (Å²) in [6.45, 7) is 0.198. The molecule has 0 saturated carbocycles. The van der Waals surface area contributed by atoms with Crippen molar-refractivity contribution in [1.29, 1.82) is 0 Å². The Bertz CT molecular complexity index is 1380. The van der Waals surface area contributed by atoms with Gasteiger partial charge in [0.15, 0.2) is 16.6 Å². The predicted octanol–water partition coefficient (Wildman–Crippen LogP) is 4.78. The van der Waals surface area contributed by atoms with Crippen molar-refractivity contribution >= 4 is 52.5 Å². The smallest absolute Gasteiger partial charge is 0.270 e. The summed E-state index contributed by atoms with van der Waals surface area (Å²) >= 11 is 11.3. The third-order valence-electron chi connectivity index (χ3n) is 5.53. The van der Waals surface area contributed by atoms with Crippen LogP contribution in [0.2, 0.25) is 5.02 Å². The van der Waals surface area contributed by atoms with E-state index in [1.165, 1.54) is 32.3 Å². The van der Waals surface area contributed by atoms with Crippen LogP contribution in [0, 0.1) is 0 Å². The molecule has 3 aromatic carbocycles. The van der Waals surface area contributed by atoms with Crippen molar-refractivity contribution in [3.8, 4) is 23.0 Å². The molecule has 0 radical (unpaired) electrons. The SMILES string of the molecule is COc1cc(C=C2C(=O)NC(=S)N(c3ccc(Cl)cc3)C2=O)c(OCc2ccccc2)c(OC)c1OC. The Morgan fingerprint density at radius 3 is 2.22 bits per heavy atom. The number of hydrogen-bond donors (Lipinski definition) is 1. The molecule has 0 atom stereocenters. The van der Waals surface area contributed by atoms with Gasteiger partial charge in [-0.15, -0.1) is 0 Å². The number of anilines is 1. The first-order chi connectivity index (χ1) is 17.9. The Hall–Kier alpha value is -4.08. The largest absolute Gasteiger partial charge is 0.493 e. The second kappa shape index (κ2) is 11.3. The molecule has 2 amide bonds. The van der Waals surface area contributed by atoms with E-state index in [9.17, 15) is 9.59 Å². The molecule has 1 aliphatic rings. The van der Waals surface area contributed by atoms with Gasteiger partial charge < -0.3 is 18.9 Å². The molecule has 1 N–H and O–H groups in total. The number of benzene rings is 3. The summed E-state index contributed by atoms with van der Waals surface area (Å²) in [5.41, 5.74) is 1.56. The van der Waals surface area contributed by atoms with Gasteiger partial charge in [-0.1, -0.05) is 41.9 Å². The molecule has 0 bridgehead atoms. The fourth-order valence-corrected chi connectivity index (χ4v) is 4.18. The van der Waals surface area contributed by atoms with Crippen LogP contribution in [0.1, 0.15) is 11.1 Å². The molecule has 0 aromatic heterocycles. The number of methoxy groups -OCH3 is 3. The molecule has 190 valence electrons. The lowest BCUT2D eigenvalue weighted by molar-refractivity contribution is -0.122. The number of nitrogens with zero attached hydrogens (tertiary/aromatic N) is 1. The minimum absolute atomic E-state index is 0.0417. The monoisotopic (exact) mass is 538 g/mol. The van der Waals surface area contributed by atoms with E-state index >= 15 is 0 Å². The second-order valence-electron chi connectivity index (χ2n) is 7.77. The number of rotatable bonds is 8. The fourth-order valence-electron chi connectivity index (χ4n) is 3.77. The third kappa shape index (κ3) is 5.37. The molecule has 1 saturated heterocycles. The molecule has 1 heterocycles. The maximum atomic E-state index is 13.5. The molecule has 4 rings (SSSR count). The normalized spacial score (nSPS) is 14.4. The summed E-state index contributed by atoms with van der Waals surface area (Å²) in [6.07, 6.45) is 1.41. The molecule has 0 aliphatic carbocycles. The zero-order valence-electron chi connectivity index (χ0n) is 20.2. The molecular weight excluding hydrogens is 516 g/mol. The number of hydrogen-bond acceptors (Lipinski definition) is 7. The Balaban J connectivity index is 1.82. The van der Waals surface area contributed by atoms with Crippen molar-refractivity contribution in [3.63, 3.8) is 0 Å². The van der Waals surface area contributed by atoms with E-state index in [0.717, 1.165) is 5.56 Å². The standard InChI is InChI=1S/C27H23ClN2O6S/c1-33-21-14-17(22(24(35-3)23(21)34-2)36-15-16-7-5-4-6-8-16)13-20-25(31)29-27(37)30(26(20)32)19-11-9-18(28)10-12-19/h4-14H,15H2,1-3H3,(H,29,31,37). The van der Waals surface area contributed by atoms with Gasteiger partial charge in [-0.2, -0.15) is 0 Å². The molecule has 8 nitrogen and oxygen atoms in total. The van der Waals surface area contributed by atoms with Crippen LogP contribution in [0.3, 0.4) is 0 Å². The quantitative estimate of drug-likeness (QED) is 0.251. The molecule has 1 aliphatic heterocycles. The van der Waals surface area contributed by atoms with Gasteiger partial charge in [-0.25, -0.2) is 0 Å². The predicted molar refractivity (Wildman–Crippen MR) is 145 cm³/mol. The number of amides is 2. The summed E-state index contributed by atoms with van der Waals surface area (Å²) in [5, 5.41) is 3.02. The van der Waals surface area contributed by atoms with E-state index in [1.807, 2.05) is 30.3 Å². The van der Waals surface area contributed by atoms with Crippen LogP contribution in [0.15, 0.2) is 66.2 Å². The molecule has 10 heteroatoms. The second-order valence-corrected chi connectivity index (χ2v) is 8.60. The van der Waals surface area contributed by atoms with Gasteiger partial charge in [-0.3, -0.25) is 19.8 Å². The number of ether oxygens (including phenoxy) is 4.